The van der Waals surface area contributed by atoms with E-state index >= 15 is 0 Å². The van der Waals surface area contributed by atoms with Crippen molar-refractivity contribution >= 4 is 10.0 Å². The summed E-state index contributed by atoms with van der Waals surface area (Å²) >= 11 is 0. The van der Waals surface area contributed by atoms with Crippen molar-refractivity contribution in [2.24, 2.45) is 0 Å². The fourth-order valence-electron chi connectivity index (χ4n) is 3.00. The van der Waals surface area contributed by atoms with Gasteiger partial charge in [0.1, 0.15) is 5.75 Å². The van der Waals surface area contributed by atoms with Crippen LogP contribution in [0.15, 0.2) is 53.4 Å². The molecule has 0 atom stereocenters. The molecule has 2 aromatic rings. The minimum atomic E-state index is -3.38. The van der Waals surface area contributed by atoms with Gasteiger partial charge in [0.25, 0.3) is 0 Å². The van der Waals surface area contributed by atoms with Gasteiger partial charge in [-0.2, -0.15) is 13.1 Å². The molecule has 5 nitrogen and oxygen atoms in total. The first kappa shape index (κ1) is 19.7. The normalized spacial score (nSPS) is 15.4. The number of alkyl halides is 2. The lowest BCUT2D eigenvalue weighted by Gasteiger charge is -2.15. The number of nitrogens with one attached hydrogen (secondary N) is 1. The van der Waals surface area contributed by atoms with E-state index < -0.39 is 16.6 Å². The van der Waals surface area contributed by atoms with Crippen molar-refractivity contribution in [3.05, 3.63) is 59.7 Å². The van der Waals surface area contributed by atoms with Crippen LogP contribution >= 0.6 is 0 Å². The molecule has 1 N–H and O–H groups in total. The van der Waals surface area contributed by atoms with Gasteiger partial charge in [-0.05, 0) is 48.2 Å². The third kappa shape index (κ3) is 5.24. The zero-order chi connectivity index (χ0) is 19.3. The van der Waals surface area contributed by atoms with Crippen LogP contribution in [0.1, 0.15) is 24.0 Å². The van der Waals surface area contributed by atoms with Crippen molar-refractivity contribution in [2.75, 3.05) is 13.1 Å². The van der Waals surface area contributed by atoms with Gasteiger partial charge in [0.05, 0.1) is 4.90 Å². The largest absolute Gasteiger partial charge is 0.435 e. The van der Waals surface area contributed by atoms with Gasteiger partial charge in [-0.3, -0.25) is 0 Å². The molecule has 8 heteroatoms. The van der Waals surface area contributed by atoms with Crippen LogP contribution in [0.5, 0.6) is 5.75 Å². The van der Waals surface area contributed by atoms with Crippen LogP contribution in [0.25, 0.3) is 0 Å². The molecule has 1 saturated heterocycles. The minimum Gasteiger partial charge on any atom is -0.435 e. The van der Waals surface area contributed by atoms with Gasteiger partial charge in [0.2, 0.25) is 10.0 Å². The van der Waals surface area contributed by atoms with Crippen LogP contribution in [0.2, 0.25) is 0 Å². The van der Waals surface area contributed by atoms with Crippen LogP contribution in [0.4, 0.5) is 8.78 Å². The first-order chi connectivity index (χ1) is 12.9. The Morgan fingerprint density at radius 1 is 0.926 bits per heavy atom. The molecule has 0 unspecified atom stereocenters. The zero-order valence-corrected chi connectivity index (χ0v) is 15.6. The molecule has 2 aromatic carbocycles. The number of benzene rings is 2. The van der Waals surface area contributed by atoms with Gasteiger partial charge in [-0.1, -0.05) is 24.3 Å². The van der Waals surface area contributed by atoms with Crippen LogP contribution in [-0.4, -0.2) is 32.4 Å². The average Bonchev–Trinajstić information content (AvgIpc) is 3.19. The van der Waals surface area contributed by atoms with Gasteiger partial charge >= 0.3 is 6.61 Å². The van der Waals surface area contributed by atoms with Gasteiger partial charge in [-0.25, -0.2) is 8.42 Å². The highest BCUT2D eigenvalue weighted by Crippen LogP contribution is 2.21. The second-order valence-electron chi connectivity index (χ2n) is 6.38. The molecule has 1 fully saturated rings. The Morgan fingerprint density at radius 3 is 1.96 bits per heavy atom. The number of hydrogen-bond donors (Lipinski definition) is 1. The minimum absolute atomic E-state index is 0.128. The maximum Gasteiger partial charge on any atom is 0.387 e. The second-order valence-corrected chi connectivity index (χ2v) is 8.32. The molecule has 1 aliphatic rings. The van der Waals surface area contributed by atoms with E-state index in [9.17, 15) is 17.2 Å². The van der Waals surface area contributed by atoms with E-state index in [1.807, 2.05) is 0 Å². The van der Waals surface area contributed by atoms with E-state index in [2.05, 4.69) is 10.1 Å². The molecular formula is C19H22F2N2O3S. The molecule has 0 aromatic heterocycles. The van der Waals surface area contributed by atoms with E-state index in [0.717, 1.165) is 24.0 Å². The summed E-state index contributed by atoms with van der Waals surface area (Å²) in [7, 11) is -3.38. The lowest BCUT2D eigenvalue weighted by Crippen LogP contribution is -2.27. The Labute approximate surface area is 158 Å². The summed E-state index contributed by atoms with van der Waals surface area (Å²) in [5.41, 5.74) is 1.90. The van der Waals surface area contributed by atoms with Crippen molar-refractivity contribution in [1.82, 2.24) is 9.62 Å². The predicted octanol–water partition coefficient (Wildman–Crippen LogP) is 3.36. The highest BCUT2D eigenvalue weighted by atomic mass is 32.2. The van der Waals surface area contributed by atoms with Crippen molar-refractivity contribution in [2.45, 2.75) is 37.4 Å². The lowest BCUT2D eigenvalue weighted by molar-refractivity contribution is -0.0498. The Balaban J connectivity index is 1.51. The van der Waals surface area contributed by atoms with E-state index in [-0.39, 0.29) is 5.75 Å². The molecule has 1 aliphatic heterocycles. The molecule has 0 bridgehead atoms. The summed E-state index contributed by atoms with van der Waals surface area (Å²) in [6, 6.07) is 13.3. The summed E-state index contributed by atoms with van der Waals surface area (Å²) < 4.78 is 55.1. The number of hydrogen-bond acceptors (Lipinski definition) is 4. The Kier molecular flexibility index (Phi) is 6.41. The standard InChI is InChI=1S/C19H22F2N2O3S/c20-19(21)26-17-7-3-15(4-8-17)13-22-14-16-5-9-18(10-6-16)27(24,25)23-11-1-2-12-23/h3-10,19,22H,1-2,11-14H2. The Hall–Kier alpha value is -2.03. The summed E-state index contributed by atoms with van der Waals surface area (Å²) in [5.74, 6) is 0.128. The number of ether oxygens (including phenoxy) is 1. The lowest BCUT2D eigenvalue weighted by atomic mass is 10.2. The van der Waals surface area contributed by atoms with E-state index in [0.29, 0.717) is 31.1 Å². The maximum absolute atomic E-state index is 12.5. The number of halogens is 2. The molecule has 0 amide bonds. The number of nitrogens with zero attached hydrogens (tertiary/aromatic N) is 1. The van der Waals surface area contributed by atoms with Crippen LogP contribution in [0, 0.1) is 0 Å². The van der Waals surface area contributed by atoms with Crippen LogP contribution < -0.4 is 10.1 Å². The maximum atomic E-state index is 12.5. The van der Waals surface area contributed by atoms with E-state index in [4.69, 9.17) is 0 Å². The fraction of sp³-hybridized carbons (Fsp3) is 0.368. The number of sulfonamides is 1. The van der Waals surface area contributed by atoms with Crippen molar-refractivity contribution in [3.8, 4) is 5.75 Å². The van der Waals surface area contributed by atoms with E-state index in [1.165, 1.54) is 16.4 Å². The first-order valence-corrected chi connectivity index (χ1v) is 10.2. The predicted molar refractivity (Wildman–Crippen MR) is 98.1 cm³/mol. The molecular weight excluding hydrogens is 374 g/mol. The summed E-state index contributed by atoms with van der Waals surface area (Å²) in [6.45, 7) is -0.520. The van der Waals surface area contributed by atoms with Crippen LogP contribution in [-0.2, 0) is 23.1 Å². The highest BCUT2D eigenvalue weighted by Gasteiger charge is 2.26. The molecule has 0 radical (unpaired) electrons. The van der Waals surface area contributed by atoms with Crippen molar-refractivity contribution < 1.29 is 21.9 Å². The van der Waals surface area contributed by atoms with Gasteiger partial charge in [0, 0.05) is 26.2 Å². The Morgan fingerprint density at radius 2 is 1.44 bits per heavy atom. The second kappa shape index (κ2) is 8.77. The smallest absolute Gasteiger partial charge is 0.387 e. The van der Waals surface area contributed by atoms with Gasteiger partial charge in [0.15, 0.2) is 0 Å². The molecule has 146 valence electrons. The van der Waals surface area contributed by atoms with Gasteiger partial charge < -0.3 is 10.1 Å². The van der Waals surface area contributed by atoms with Crippen LogP contribution in [0.3, 0.4) is 0 Å². The molecule has 0 saturated carbocycles. The topological polar surface area (TPSA) is 58.6 Å². The SMILES string of the molecule is O=S(=O)(c1ccc(CNCc2ccc(OC(F)F)cc2)cc1)N1CCCC1. The third-order valence-corrected chi connectivity index (χ3v) is 6.35. The zero-order valence-electron chi connectivity index (χ0n) is 14.8. The van der Waals surface area contributed by atoms with Crippen molar-refractivity contribution in [1.29, 1.82) is 0 Å². The summed E-state index contributed by atoms with van der Waals surface area (Å²) in [4.78, 5) is 0.322. The first-order valence-electron chi connectivity index (χ1n) is 8.79. The monoisotopic (exact) mass is 396 g/mol. The summed E-state index contributed by atoms with van der Waals surface area (Å²) in [6.07, 6.45) is 1.83. The molecule has 27 heavy (non-hydrogen) atoms. The summed E-state index contributed by atoms with van der Waals surface area (Å²) in [5, 5.41) is 3.24. The third-order valence-electron chi connectivity index (χ3n) is 4.43. The van der Waals surface area contributed by atoms with E-state index in [1.54, 1.807) is 36.4 Å². The molecule has 3 rings (SSSR count). The highest BCUT2D eigenvalue weighted by molar-refractivity contribution is 7.89. The fourth-order valence-corrected chi connectivity index (χ4v) is 4.51. The number of rotatable bonds is 8. The average molecular weight is 396 g/mol. The quantitative estimate of drug-likeness (QED) is 0.743. The Bertz CT molecular complexity index is 834. The molecule has 0 aliphatic carbocycles. The van der Waals surface area contributed by atoms with Crippen molar-refractivity contribution in [3.63, 3.8) is 0 Å². The molecule has 1 heterocycles. The molecule has 0 spiro atoms. The van der Waals surface area contributed by atoms with Gasteiger partial charge in [-0.15, -0.1) is 0 Å².